The second-order valence-electron chi connectivity index (χ2n) is 5.60. The number of fused-ring (bicyclic) bond motifs is 1. The van der Waals surface area contributed by atoms with Crippen LogP contribution in [-0.4, -0.2) is 34.8 Å². The number of benzene rings is 1. The minimum atomic E-state index is -3.63. The quantitative estimate of drug-likeness (QED) is 0.705. The molecule has 7 nitrogen and oxygen atoms in total. The summed E-state index contributed by atoms with van der Waals surface area (Å²) in [6, 6.07) is 6.37. The number of nitrogens with zero attached hydrogens (tertiary/aromatic N) is 4. The zero-order valence-corrected chi connectivity index (χ0v) is 14.9. The summed E-state index contributed by atoms with van der Waals surface area (Å²) in [4.78, 5) is 0.835. The highest BCUT2D eigenvalue weighted by molar-refractivity contribution is 7.89. The van der Waals surface area contributed by atoms with Gasteiger partial charge in [-0.2, -0.15) is 9.61 Å². The monoisotopic (exact) mass is 383 g/mol. The van der Waals surface area contributed by atoms with Crippen molar-refractivity contribution in [2.75, 3.05) is 6.54 Å². The Morgan fingerprint density at radius 2 is 2.08 bits per heavy atom. The van der Waals surface area contributed by atoms with E-state index in [0.29, 0.717) is 12.3 Å². The van der Waals surface area contributed by atoms with E-state index in [1.807, 2.05) is 0 Å². The van der Waals surface area contributed by atoms with Crippen LogP contribution in [0.5, 0.6) is 0 Å². The average molecular weight is 384 g/mol. The summed E-state index contributed by atoms with van der Waals surface area (Å²) < 4.78 is 28.9. The Bertz CT molecular complexity index is 994. The van der Waals surface area contributed by atoms with E-state index >= 15 is 0 Å². The third-order valence-electron chi connectivity index (χ3n) is 3.76. The Morgan fingerprint density at radius 3 is 2.83 bits per heavy atom. The predicted octanol–water partition coefficient (Wildman–Crippen LogP) is 2.24. The molecule has 0 bridgehead atoms. The molecule has 1 fully saturated rings. The number of aromatic nitrogens is 4. The molecule has 3 aromatic rings. The fourth-order valence-corrected chi connectivity index (χ4v) is 4.79. The van der Waals surface area contributed by atoms with Crippen LogP contribution in [0.2, 0.25) is 5.02 Å². The summed E-state index contributed by atoms with van der Waals surface area (Å²) in [6.07, 6.45) is 2.75. The first-order valence-corrected chi connectivity index (χ1v) is 10.2. The van der Waals surface area contributed by atoms with Crippen molar-refractivity contribution in [2.24, 2.45) is 0 Å². The molecule has 1 N–H and O–H groups in total. The van der Waals surface area contributed by atoms with Gasteiger partial charge < -0.3 is 0 Å². The van der Waals surface area contributed by atoms with Crippen molar-refractivity contribution >= 4 is 37.9 Å². The number of hydrogen-bond donors (Lipinski definition) is 1. The lowest BCUT2D eigenvalue weighted by Crippen LogP contribution is -2.26. The molecule has 4 rings (SSSR count). The minimum Gasteiger partial charge on any atom is -0.211 e. The lowest BCUT2D eigenvalue weighted by molar-refractivity contribution is 0.581. The van der Waals surface area contributed by atoms with E-state index in [4.69, 9.17) is 11.6 Å². The van der Waals surface area contributed by atoms with E-state index in [-0.39, 0.29) is 16.5 Å². The fraction of sp³-hybridized carbons (Fsp3) is 0.357. The molecule has 0 amide bonds. The van der Waals surface area contributed by atoms with Gasteiger partial charge in [-0.15, -0.1) is 10.2 Å². The zero-order valence-electron chi connectivity index (χ0n) is 12.5. The van der Waals surface area contributed by atoms with Gasteiger partial charge in [0.05, 0.1) is 5.02 Å². The Kier molecular flexibility index (Phi) is 4.03. The van der Waals surface area contributed by atoms with Crippen molar-refractivity contribution in [3.8, 4) is 0 Å². The molecule has 0 unspecified atom stereocenters. The molecular weight excluding hydrogens is 370 g/mol. The Morgan fingerprint density at radius 1 is 1.29 bits per heavy atom. The van der Waals surface area contributed by atoms with E-state index in [1.54, 1.807) is 22.7 Å². The van der Waals surface area contributed by atoms with Crippen molar-refractivity contribution in [2.45, 2.75) is 30.1 Å². The van der Waals surface area contributed by atoms with Gasteiger partial charge in [0, 0.05) is 18.9 Å². The van der Waals surface area contributed by atoms with Crippen LogP contribution in [0.4, 0.5) is 0 Å². The molecule has 10 heteroatoms. The van der Waals surface area contributed by atoms with E-state index in [1.165, 1.54) is 17.4 Å². The zero-order chi connectivity index (χ0) is 16.7. The fourth-order valence-electron chi connectivity index (χ4n) is 2.40. The third kappa shape index (κ3) is 3.04. The first-order valence-electron chi connectivity index (χ1n) is 7.50. The lowest BCUT2D eigenvalue weighted by Gasteiger charge is -2.07. The molecule has 126 valence electrons. The molecule has 1 aliphatic carbocycles. The van der Waals surface area contributed by atoms with Gasteiger partial charge >= 0.3 is 0 Å². The van der Waals surface area contributed by atoms with E-state index < -0.39 is 10.0 Å². The van der Waals surface area contributed by atoms with Crippen molar-refractivity contribution < 1.29 is 8.42 Å². The molecule has 1 aromatic carbocycles. The molecular formula is C14H14ClN5O2S2. The van der Waals surface area contributed by atoms with Crippen LogP contribution in [0, 0.1) is 0 Å². The molecule has 24 heavy (non-hydrogen) atoms. The SMILES string of the molecule is O=S(=O)(NCCc1nn2c(C3CC3)nnc2s1)c1ccccc1Cl. The van der Waals surface area contributed by atoms with Crippen LogP contribution >= 0.6 is 22.9 Å². The summed E-state index contributed by atoms with van der Waals surface area (Å²) in [7, 11) is -3.63. The largest absolute Gasteiger partial charge is 0.242 e. The Balaban J connectivity index is 1.44. The molecule has 2 heterocycles. The van der Waals surface area contributed by atoms with Crippen molar-refractivity contribution in [3.63, 3.8) is 0 Å². The first-order chi connectivity index (χ1) is 11.5. The second kappa shape index (κ2) is 6.07. The van der Waals surface area contributed by atoms with E-state index in [9.17, 15) is 8.42 Å². The number of hydrogen-bond acceptors (Lipinski definition) is 6. The van der Waals surface area contributed by atoms with Crippen LogP contribution in [0.25, 0.3) is 4.96 Å². The van der Waals surface area contributed by atoms with E-state index in [2.05, 4.69) is 20.0 Å². The highest BCUT2D eigenvalue weighted by atomic mass is 35.5. The Labute approximate surface area is 147 Å². The second-order valence-corrected chi connectivity index (χ2v) is 8.78. The van der Waals surface area contributed by atoms with Crippen LogP contribution in [0.3, 0.4) is 0 Å². The molecule has 0 radical (unpaired) electrons. The summed E-state index contributed by atoms with van der Waals surface area (Å²) in [6.45, 7) is 0.246. The molecule has 0 spiro atoms. The van der Waals surface area contributed by atoms with Crippen LogP contribution in [0.1, 0.15) is 29.6 Å². The van der Waals surface area contributed by atoms with Gasteiger partial charge in [-0.25, -0.2) is 13.1 Å². The van der Waals surface area contributed by atoms with Gasteiger partial charge in [0.1, 0.15) is 9.90 Å². The van der Waals surface area contributed by atoms with Crippen molar-refractivity contribution in [1.82, 2.24) is 24.5 Å². The highest BCUT2D eigenvalue weighted by Gasteiger charge is 2.30. The minimum absolute atomic E-state index is 0.0841. The highest BCUT2D eigenvalue weighted by Crippen LogP contribution is 2.39. The molecule has 1 aliphatic rings. The van der Waals surface area contributed by atoms with Gasteiger partial charge in [0.25, 0.3) is 0 Å². The average Bonchev–Trinajstić information content (AvgIpc) is 3.18. The molecule has 0 atom stereocenters. The smallest absolute Gasteiger partial charge is 0.211 e. The predicted molar refractivity (Wildman–Crippen MR) is 91.0 cm³/mol. The first kappa shape index (κ1) is 15.9. The molecule has 0 aliphatic heterocycles. The van der Waals surface area contributed by atoms with Gasteiger partial charge in [-0.05, 0) is 25.0 Å². The van der Waals surface area contributed by atoms with E-state index in [0.717, 1.165) is 28.6 Å². The maximum atomic E-state index is 12.3. The lowest BCUT2D eigenvalue weighted by atomic mass is 10.4. The standard InChI is InChI=1S/C14H14ClN5O2S2/c15-10-3-1-2-4-11(10)24(21,22)16-8-7-12-19-20-13(9-5-6-9)17-18-14(20)23-12/h1-4,9,16H,5-8H2. The maximum Gasteiger partial charge on any atom is 0.242 e. The molecule has 1 saturated carbocycles. The summed E-state index contributed by atoms with van der Waals surface area (Å²) >= 11 is 7.38. The van der Waals surface area contributed by atoms with Crippen LogP contribution in [-0.2, 0) is 16.4 Å². The summed E-state index contributed by atoms with van der Waals surface area (Å²) in [5.74, 6) is 1.37. The number of sulfonamides is 1. The maximum absolute atomic E-state index is 12.3. The van der Waals surface area contributed by atoms with Crippen molar-refractivity contribution in [1.29, 1.82) is 0 Å². The van der Waals surface area contributed by atoms with Gasteiger partial charge in [0.2, 0.25) is 15.0 Å². The topological polar surface area (TPSA) is 89.2 Å². The Hall–Kier alpha value is -1.55. The molecule has 0 saturated heterocycles. The third-order valence-corrected chi connectivity index (χ3v) is 6.68. The van der Waals surface area contributed by atoms with Gasteiger partial charge in [-0.3, -0.25) is 0 Å². The number of nitrogens with one attached hydrogen (secondary N) is 1. The number of halogens is 1. The normalized spacial score (nSPS) is 15.2. The van der Waals surface area contributed by atoms with Gasteiger partial charge in [-0.1, -0.05) is 35.1 Å². The van der Waals surface area contributed by atoms with Crippen LogP contribution in [0.15, 0.2) is 29.2 Å². The summed E-state index contributed by atoms with van der Waals surface area (Å²) in [5, 5.41) is 13.8. The van der Waals surface area contributed by atoms with Crippen molar-refractivity contribution in [3.05, 3.63) is 40.1 Å². The van der Waals surface area contributed by atoms with Crippen LogP contribution < -0.4 is 4.72 Å². The number of rotatable bonds is 6. The molecule has 2 aromatic heterocycles. The van der Waals surface area contributed by atoms with Gasteiger partial charge in [0.15, 0.2) is 5.82 Å². The summed E-state index contributed by atoms with van der Waals surface area (Å²) in [5.41, 5.74) is 0.